The fourth-order valence-corrected chi connectivity index (χ4v) is 3.97. The van der Waals surface area contributed by atoms with Crippen LogP contribution < -0.4 is 5.73 Å². The molecule has 5 heteroatoms. The van der Waals surface area contributed by atoms with Crippen LogP contribution in [0.4, 0.5) is 5.69 Å². The molecule has 0 aromatic heterocycles. The molecular weight excluding hydrogens is 284 g/mol. The molecule has 21 heavy (non-hydrogen) atoms. The number of nitrogens with two attached hydrogens (primary N) is 1. The summed E-state index contributed by atoms with van der Waals surface area (Å²) < 4.78 is 26.5. The molecule has 1 heterocycles. The van der Waals surface area contributed by atoms with Crippen molar-refractivity contribution in [3.63, 3.8) is 0 Å². The number of sulfonamides is 1. The third-order valence-corrected chi connectivity index (χ3v) is 5.67. The van der Waals surface area contributed by atoms with E-state index in [1.54, 1.807) is 28.6 Å². The van der Waals surface area contributed by atoms with E-state index in [4.69, 9.17) is 5.73 Å². The van der Waals surface area contributed by atoms with Gasteiger partial charge in [-0.1, -0.05) is 44.6 Å². The molecule has 0 spiro atoms. The van der Waals surface area contributed by atoms with Gasteiger partial charge in [0.2, 0.25) is 10.0 Å². The Kier molecular flexibility index (Phi) is 4.44. The van der Waals surface area contributed by atoms with E-state index in [0.717, 1.165) is 12.0 Å². The van der Waals surface area contributed by atoms with Crippen molar-refractivity contribution in [1.29, 1.82) is 0 Å². The van der Waals surface area contributed by atoms with Crippen molar-refractivity contribution in [3.8, 4) is 0 Å². The fourth-order valence-electron chi connectivity index (χ4n) is 2.50. The molecule has 1 aromatic carbocycles. The Hall–Kier alpha value is -1.33. The predicted molar refractivity (Wildman–Crippen MR) is 87.2 cm³/mol. The zero-order valence-electron chi connectivity index (χ0n) is 13.0. The monoisotopic (exact) mass is 308 g/mol. The van der Waals surface area contributed by atoms with Crippen molar-refractivity contribution in [3.05, 3.63) is 41.5 Å². The first-order chi connectivity index (χ1) is 9.68. The van der Waals surface area contributed by atoms with Gasteiger partial charge in [-0.3, -0.25) is 0 Å². The molecule has 0 unspecified atom stereocenters. The van der Waals surface area contributed by atoms with Crippen molar-refractivity contribution in [1.82, 2.24) is 4.31 Å². The van der Waals surface area contributed by atoms with Crippen molar-refractivity contribution in [2.45, 2.75) is 32.9 Å². The van der Waals surface area contributed by atoms with Crippen molar-refractivity contribution < 1.29 is 8.42 Å². The second-order valence-electron chi connectivity index (χ2n) is 6.59. The van der Waals surface area contributed by atoms with E-state index < -0.39 is 10.0 Å². The van der Waals surface area contributed by atoms with Gasteiger partial charge in [0.15, 0.2) is 0 Å². The molecule has 1 aliphatic rings. The summed E-state index contributed by atoms with van der Waals surface area (Å²) in [6.45, 7) is 7.54. The molecule has 0 radical (unpaired) electrons. The molecular formula is C16H24N2O2S. The third kappa shape index (κ3) is 4.08. The number of hydrogen-bond donors (Lipinski definition) is 1. The maximum Gasteiger partial charge on any atom is 0.218 e. The highest BCUT2D eigenvalue weighted by Crippen LogP contribution is 2.31. The molecule has 0 bridgehead atoms. The molecule has 0 aliphatic carbocycles. The van der Waals surface area contributed by atoms with E-state index >= 15 is 0 Å². The van der Waals surface area contributed by atoms with E-state index in [2.05, 4.69) is 26.8 Å². The molecule has 0 atom stereocenters. The molecule has 4 nitrogen and oxygen atoms in total. The lowest BCUT2D eigenvalue weighted by molar-refractivity contribution is 0.389. The maximum absolute atomic E-state index is 12.5. The van der Waals surface area contributed by atoms with Crippen LogP contribution in [0.15, 0.2) is 35.9 Å². The van der Waals surface area contributed by atoms with Crippen LogP contribution in [0.5, 0.6) is 0 Å². The number of benzene rings is 1. The van der Waals surface area contributed by atoms with Gasteiger partial charge in [-0.25, -0.2) is 8.42 Å². The van der Waals surface area contributed by atoms with Crippen molar-refractivity contribution in [2.75, 3.05) is 18.8 Å². The molecule has 0 fully saturated rings. The van der Waals surface area contributed by atoms with Crippen LogP contribution >= 0.6 is 0 Å². The van der Waals surface area contributed by atoms with Gasteiger partial charge in [0, 0.05) is 18.8 Å². The van der Waals surface area contributed by atoms with Crippen LogP contribution in [-0.4, -0.2) is 25.8 Å². The summed E-state index contributed by atoms with van der Waals surface area (Å²) >= 11 is 0. The van der Waals surface area contributed by atoms with Gasteiger partial charge in [0.05, 0.1) is 5.75 Å². The molecule has 0 saturated carbocycles. The molecule has 1 aliphatic heterocycles. The van der Waals surface area contributed by atoms with E-state index in [1.807, 2.05) is 0 Å². The Labute approximate surface area is 127 Å². The first kappa shape index (κ1) is 16.0. The Morgan fingerprint density at radius 1 is 1.19 bits per heavy atom. The normalized spacial score (nSPS) is 17.6. The largest absolute Gasteiger partial charge is 0.399 e. The van der Waals surface area contributed by atoms with E-state index in [0.29, 0.717) is 18.8 Å². The lowest BCUT2D eigenvalue weighted by atomic mass is 9.83. The predicted octanol–water partition coefficient (Wildman–Crippen LogP) is 2.78. The highest BCUT2D eigenvalue weighted by atomic mass is 32.2. The van der Waals surface area contributed by atoms with Crippen LogP contribution in [0, 0.1) is 5.41 Å². The summed E-state index contributed by atoms with van der Waals surface area (Å²) in [5, 5.41) is 0. The van der Waals surface area contributed by atoms with E-state index in [1.165, 1.54) is 5.57 Å². The van der Waals surface area contributed by atoms with Gasteiger partial charge in [0.25, 0.3) is 0 Å². The Morgan fingerprint density at radius 3 is 2.29 bits per heavy atom. The highest BCUT2D eigenvalue weighted by Gasteiger charge is 2.27. The second-order valence-corrected chi connectivity index (χ2v) is 8.55. The van der Waals surface area contributed by atoms with Crippen molar-refractivity contribution in [2.24, 2.45) is 5.41 Å². The lowest BCUT2D eigenvalue weighted by Gasteiger charge is -2.31. The van der Waals surface area contributed by atoms with E-state index in [9.17, 15) is 8.42 Å². The minimum Gasteiger partial charge on any atom is -0.399 e. The van der Waals surface area contributed by atoms with Gasteiger partial charge in [-0.2, -0.15) is 4.31 Å². The number of anilines is 1. The highest BCUT2D eigenvalue weighted by molar-refractivity contribution is 7.88. The minimum absolute atomic E-state index is 0.0337. The smallest absolute Gasteiger partial charge is 0.218 e. The fraction of sp³-hybridized carbons (Fsp3) is 0.500. The Balaban J connectivity index is 2.08. The Bertz CT molecular complexity index is 625. The topological polar surface area (TPSA) is 63.4 Å². The summed E-state index contributed by atoms with van der Waals surface area (Å²) in [7, 11) is -3.27. The van der Waals surface area contributed by atoms with Gasteiger partial charge in [0.1, 0.15) is 0 Å². The molecule has 2 rings (SSSR count). The minimum atomic E-state index is -3.27. The van der Waals surface area contributed by atoms with Gasteiger partial charge < -0.3 is 5.73 Å². The zero-order valence-corrected chi connectivity index (χ0v) is 13.8. The SMILES string of the molecule is CC(C)(C)C1=CCN(S(=O)(=O)Cc2ccc(N)cc2)CC1. The average molecular weight is 308 g/mol. The first-order valence-corrected chi connectivity index (χ1v) is 8.81. The number of nitrogens with zero attached hydrogens (tertiary/aromatic N) is 1. The summed E-state index contributed by atoms with van der Waals surface area (Å²) in [6.07, 6.45) is 2.87. The summed E-state index contributed by atoms with van der Waals surface area (Å²) in [5.74, 6) is 0.0337. The van der Waals surface area contributed by atoms with Crippen LogP contribution in [0.25, 0.3) is 0 Å². The number of nitrogen functional groups attached to an aromatic ring is 1. The van der Waals surface area contributed by atoms with Crippen LogP contribution in [0.3, 0.4) is 0 Å². The molecule has 2 N–H and O–H groups in total. The number of hydrogen-bond acceptors (Lipinski definition) is 3. The molecule has 116 valence electrons. The summed E-state index contributed by atoms with van der Waals surface area (Å²) in [4.78, 5) is 0. The second kappa shape index (κ2) is 5.81. The first-order valence-electron chi connectivity index (χ1n) is 7.20. The molecule has 0 amide bonds. The van der Waals surface area contributed by atoms with Gasteiger partial charge >= 0.3 is 0 Å². The number of rotatable bonds is 3. The standard InChI is InChI=1S/C16H24N2O2S/c1-16(2,3)14-8-10-18(11-9-14)21(19,20)12-13-4-6-15(17)7-5-13/h4-8H,9-12,17H2,1-3H3. The average Bonchev–Trinajstić information content (AvgIpc) is 2.40. The maximum atomic E-state index is 12.5. The van der Waals surface area contributed by atoms with Crippen molar-refractivity contribution >= 4 is 15.7 Å². The van der Waals surface area contributed by atoms with Crippen LogP contribution in [0.1, 0.15) is 32.8 Å². The van der Waals surface area contributed by atoms with Crippen LogP contribution in [-0.2, 0) is 15.8 Å². The lowest BCUT2D eigenvalue weighted by Crippen LogP contribution is -2.37. The van der Waals surface area contributed by atoms with Gasteiger partial charge in [-0.05, 0) is 29.5 Å². The third-order valence-electron chi connectivity index (χ3n) is 3.86. The summed E-state index contributed by atoms with van der Waals surface area (Å²) in [6, 6.07) is 7.01. The summed E-state index contributed by atoms with van der Waals surface area (Å²) in [5.41, 5.74) is 8.49. The Morgan fingerprint density at radius 2 is 1.81 bits per heavy atom. The van der Waals surface area contributed by atoms with Gasteiger partial charge in [-0.15, -0.1) is 0 Å². The molecule has 0 saturated heterocycles. The molecule has 1 aromatic rings. The zero-order chi connectivity index (χ0) is 15.7. The van der Waals surface area contributed by atoms with E-state index in [-0.39, 0.29) is 11.2 Å². The quantitative estimate of drug-likeness (QED) is 0.690. The van der Waals surface area contributed by atoms with Crippen LogP contribution in [0.2, 0.25) is 0 Å².